The van der Waals surface area contributed by atoms with Gasteiger partial charge in [-0.15, -0.1) is 0 Å². The van der Waals surface area contributed by atoms with E-state index >= 15 is 0 Å². The number of nitrogens with one attached hydrogen (secondary N) is 2. The van der Waals surface area contributed by atoms with Crippen molar-refractivity contribution in [3.05, 3.63) is 36.0 Å². The van der Waals surface area contributed by atoms with Crippen molar-refractivity contribution in [3.8, 4) is 0 Å². The van der Waals surface area contributed by atoms with Crippen LogP contribution in [0.15, 0.2) is 30.5 Å². The predicted molar refractivity (Wildman–Crippen MR) is 78.5 cm³/mol. The van der Waals surface area contributed by atoms with Crippen molar-refractivity contribution in [3.63, 3.8) is 0 Å². The maximum Gasteiger partial charge on any atom is 0.254 e. The molecule has 0 aliphatic heterocycles. The molecule has 2 N–H and O–H groups in total. The van der Waals surface area contributed by atoms with Gasteiger partial charge < -0.3 is 15.2 Å². The van der Waals surface area contributed by atoms with E-state index in [0.29, 0.717) is 12.1 Å². The highest BCUT2D eigenvalue weighted by molar-refractivity contribution is 6.07. The molecule has 0 radical (unpaired) electrons. The number of carbonyl (C=O) groups excluding carboxylic acids is 2. The molecular weight excluding hydrogens is 254 g/mol. The number of likely N-dealkylation sites (N-methyl/N-ethyl adjacent to an activating group) is 1. The average Bonchev–Trinajstić information content (AvgIpc) is 2.89. The summed E-state index contributed by atoms with van der Waals surface area (Å²) in [6.45, 7) is 4.21. The number of hydrogen-bond donors (Lipinski definition) is 2. The van der Waals surface area contributed by atoms with Crippen LogP contribution < -0.4 is 5.32 Å². The lowest BCUT2D eigenvalue weighted by molar-refractivity contribution is -0.131. The van der Waals surface area contributed by atoms with Crippen LogP contribution in [-0.4, -0.2) is 41.3 Å². The number of nitrogens with zero attached hydrogens (tertiary/aromatic N) is 1. The maximum absolute atomic E-state index is 12.2. The van der Waals surface area contributed by atoms with Crippen LogP contribution in [0, 0.1) is 0 Å². The summed E-state index contributed by atoms with van der Waals surface area (Å²) >= 11 is 0. The number of hydrogen-bond acceptors (Lipinski definition) is 2. The summed E-state index contributed by atoms with van der Waals surface area (Å²) in [6, 6.07) is 7.03. The fourth-order valence-corrected chi connectivity index (χ4v) is 2.08. The summed E-state index contributed by atoms with van der Waals surface area (Å²) in [5, 5.41) is 3.59. The highest BCUT2D eigenvalue weighted by atomic mass is 16.2. The van der Waals surface area contributed by atoms with Crippen molar-refractivity contribution in [2.75, 3.05) is 13.6 Å². The van der Waals surface area contributed by atoms with Gasteiger partial charge in [0, 0.05) is 30.7 Å². The first kappa shape index (κ1) is 14.1. The van der Waals surface area contributed by atoms with Crippen LogP contribution >= 0.6 is 0 Å². The third-order valence-corrected chi connectivity index (χ3v) is 3.40. The minimum absolute atomic E-state index is 0.0966. The van der Waals surface area contributed by atoms with Crippen molar-refractivity contribution >= 4 is 22.7 Å². The van der Waals surface area contributed by atoms with Crippen LogP contribution in [0.2, 0.25) is 0 Å². The number of amides is 2. The molecule has 0 spiro atoms. The monoisotopic (exact) mass is 273 g/mol. The molecule has 0 bridgehead atoms. The van der Waals surface area contributed by atoms with Crippen molar-refractivity contribution in [1.82, 2.24) is 15.2 Å². The number of aromatic amines is 1. The summed E-state index contributed by atoms with van der Waals surface area (Å²) in [6.07, 6.45) is 1.67. The summed E-state index contributed by atoms with van der Waals surface area (Å²) in [5.74, 6) is -0.339. The van der Waals surface area contributed by atoms with Gasteiger partial charge in [-0.3, -0.25) is 9.59 Å². The Morgan fingerprint density at radius 2 is 2.05 bits per heavy atom. The molecule has 0 aliphatic carbocycles. The number of benzene rings is 1. The molecule has 2 aromatic rings. The van der Waals surface area contributed by atoms with Crippen LogP contribution in [0.3, 0.4) is 0 Å². The average molecular weight is 273 g/mol. The highest BCUT2D eigenvalue weighted by Gasteiger charge is 2.20. The first-order valence-electron chi connectivity index (χ1n) is 6.66. The van der Waals surface area contributed by atoms with Gasteiger partial charge in [-0.05, 0) is 19.9 Å². The zero-order chi connectivity index (χ0) is 14.7. The summed E-state index contributed by atoms with van der Waals surface area (Å²) in [7, 11) is 1.72. The molecule has 1 aromatic carbocycles. The Bertz CT molecular complexity index is 633. The van der Waals surface area contributed by atoms with Crippen molar-refractivity contribution < 1.29 is 9.59 Å². The molecule has 1 aromatic heterocycles. The number of H-pyrrole nitrogens is 1. The van der Waals surface area contributed by atoms with Gasteiger partial charge in [0.05, 0.1) is 5.56 Å². The van der Waals surface area contributed by atoms with E-state index < -0.39 is 6.04 Å². The zero-order valence-corrected chi connectivity index (χ0v) is 11.9. The zero-order valence-electron chi connectivity index (χ0n) is 11.9. The number of carbonyl (C=O) groups is 2. The molecule has 0 fully saturated rings. The van der Waals surface area contributed by atoms with E-state index in [0.717, 1.165) is 10.9 Å². The van der Waals surface area contributed by atoms with Gasteiger partial charge in [-0.1, -0.05) is 18.2 Å². The largest absolute Gasteiger partial charge is 0.360 e. The number of para-hydroxylation sites is 1. The van der Waals surface area contributed by atoms with E-state index in [9.17, 15) is 9.59 Å². The molecule has 2 rings (SSSR count). The second kappa shape index (κ2) is 5.77. The first-order chi connectivity index (χ1) is 9.54. The van der Waals surface area contributed by atoms with E-state index in [-0.39, 0.29) is 11.8 Å². The lowest BCUT2D eigenvalue weighted by Crippen LogP contribution is -2.45. The van der Waals surface area contributed by atoms with Crippen molar-refractivity contribution in [2.45, 2.75) is 19.9 Å². The van der Waals surface area contributed by atoms with E-state index in [2.05, 4.69) is 10.3 Å². The Morgan fingerprint density at radius 3 is 2.75 bits per heavy atom. The predicted octanol–water partition coefficient (Wildman–Crippen LogP) is 1.76. The molecule has 5 nitrogen and oxygen atoms in total. The van der Waals surface area contributed by atoms with E-state index in [1.165, 1.54) is 0 Å². The second-order valence-corrected chi connectivity index (χ2v) is 4.80. The number of fused-ring (bicyclic) bond motifs is 1. The number of rotatable bonds is 4. The van der Waals surface area contributed by atoms with Gasteiger partial charge in [0.25, 0.3) is 5.91 Å². The lowest BCUT2D eigenvalue weighted by atomic mass is 10.1. The quantitative estimate of drug-likeness (QED) is 0.891. The van der Waals surface area contributed by atoms with E-state index in [1.807, 2.05) is 31.2 Å². The van der Waals surface area contributed by atoms with Crippen LogP contribution in [0.4, 0.5) is 0 Å². The number of aromatic nitrogens is 1. The van der Waals surface area contributed by atoms with Gasteiger partial charge in [-0.2, -0.15) is 0 Å². The summed E-state index contributed by atoms with van der Waals surface area (Å²) < 4.78 is 0. The molecule has 0 saturated carbocycles. The molecule has 0 aliphatic rings. The Balaban J connectivity index is 2.14. The standard InChI is InChI=1S/C15H19N3O2/c1-4-18(3)15(20)10(2)17-14(19)12-9-16-13-8-6-5-7-11(12)13/h5-10,16H,4H2,1-3H3,(H,17,19). The minimum Gasteiger partial charge on any atom is -0.360 e. The van der Waals surface area contributed by atoms with E-state index in [4.69, 9.17) is 0 Å². The Kier molecular flexibility index (Phi) is 4.08. The molecule has 20 heavy (non-hydrogen) atoms. The normalized spacial score (nSPS) is 12.2. The fourth-order valence-electron chi connectivity index (χ4n) is 2.08. The fraction of sp³-hybridized carbons (Fsp3) is 0.333. The van der Waals surface area contributed by atoms with Gasteiger partial charge in [0.15, 0.2) is 0 Å². The lowest BCUT2D eigenvalue weighted by Gasteiger charge is -2.20. The van der Waals surface area contributed by atoms with Crippen LogP contribution in [0.5, 0.6) is 0 Å². The summed E-state index contributed by atoms with van der Waals surface area (Å²) in [5.41, 5.74) is 1.46. The Morgan fingerprint density at radius 1 is 1.35 bits per heavy atom. The molecule has 1 heterocycles. The molecule has 0 saturated heterocycles. The topological polar surface area (TPSA) is 65.2 Å². The molecule has 2 amide bonds. The molecule has 5 heteroatoms. The molecule has 106 valence electrons. The van der Waals surface area contributed by atoms with Crippen molar-refractivity contribution in [2.24, 2.45) is 0 Å². The van der Waals surface area contributed by atoms with Gasteiger partial charge in [0.2, 0.25) is 5.91 Å². The Hall–Kier alpha value is -2.30. The Labute approximate surface area is 118 Å². The highest BCUT2D eigenvalue weighted by Crippen LogP contribution is 2.17. The molecule has 1 atom stereocenters. The first-order valence-corrected chi connectivity index (χ1v) is 6.66. The van der Waals surface area contributed by atoms with Gasteiger partial charge >= 0.3 is 0 Å². The maximum atomic E-state index is 12.2. The van der Waals surface area contributed by atoms with Crippen LogP contribution in [0.25, 0.3) is 10.9 Å². The van der Waals surface area contributed by atoms with Crippen molar-refractivity contribution in [1.29, 1.82) is 0 Å². The smallest absolute Gasteiger partial charge is 0.254 e. The van der Waals surface area contributed by atoms with E-state index in [1.54, 1.807) is 25.1 Å². The van der Waals surface area contributed by atoms with Gasteiger partial charge in [0.1, 0.15) is 6.04 Å². The second-order valence-electron chi connectivity index (χ2n) is 4.80. The van der Waals surface area contributed by atoms with Crippen LogP contribution in [0.1, 0.15) is 24.2 Å². The molecule has 1 unspecified atom stereocenters. The summed E-state index contributed by atoms with van der Waals surface area (Å²) in [4.78, 5) is 28.8. The third kappa shape index (κ3) is 2.66. The molecular formula is C15H19N3O2. The van der Waals surface area contributed by atoms with Gasteiger partial charge in [-0.25, -0.2) is 0 Å². The minimum atomic E-state index is -0.541. The third-order valence-electron chi connectivity index (χ3n) is 3.40. The SMILES string of the molecule is CCN(C)C(=O)C(C)NC(=O)c1c[nH]c2ccccc12. The van der Waals surface area contributed by atoms with Crippen LogP contribution in [-0.2, 0) is 4.79 Å².